The molecule has 1 aromatic heterocycles. The molecule has 92 valence electrons. The molecule has 0 spiro atoms. The van der Waals surface area contributed by atoms with Crippen LogP contribution in [0.2, 0.25) is 0 Å². The highest BCUT2D eigenvalue weighted by Crippen LogP contribution is 2.24. The van der Waals surface area contributed by atoms with E-state index in [9.17, 15) is 0 Å². The van der Waals surface area contributed by atoms with E-state index in [-0.39, 0.29) is 11.5 Å². The normalized spacial score (nSPS) is 14.1. The molecule has 1 atom stereocenters. The van der Waals surface area contributed by atoms with Crippen LogP contribution in [0.25, 0.3) is 0 Å². The maximum Gasteiger partial charge on any atom is 0.119 e. The second-order valence-electron chi connectivity index (χ2n) is 5.06. The molecule has 0 aliphatic carbocycles. The molecule has 1 N–H and O–H groups in total. The molecule has 1 rings (SSSR count). The highest BCUT2D eigenvalue weighted by molar-refractivity contribution is 7.09. The molecule has 0 saturated carbocycles. The minimum atomic E-state index is 0.130. The maximum atomic E-state index is 5.68. The van der Waals surface area contributed by atoms with Gasteiger partial charge in [0.25, 0.3) is 0 Å². The van der Waals surface area contributed by atoms with Gasteiger partial charge in [-0.3, -0.25) is 0 Å². The van der Waals surface area contributed by atoms with Crippen LogP contribution in [0.4, 0.5) is 0 Å². The molecule has 0 radical (unpaired) electrons. The van der Waals surface area contributed by atoms with Crippen LogP contribution in [-0.2, 0) is 16.8 Å². The number of thiazole rings is 1. The first-order chi connectivity index (χ1) is 7.43. The topological polar surface area (TPSA) is 34.1 Å². The average Bonchev–Trinajstić information content (AvgIpc) is 2.63. The lowest BCUT2D eigenvalue weighted by atomic mass is 9.93. The van der Waals surface area contributed by atoms with Gasteiger partial charge < -0.3 is 10.1 Å². The van der Waals surface area contributed by atoms with Gasteiger partial charge in [0, 0.05) is 17.3 Å². The number of hydrogen-bond acceptors (Lipinski definition) is 4. The first kappa shape index (κ1) is 13.6. The van der Waals surface area contributed by atoms with Gasteiger partial charge in [-0.2, -0.15) is 0 Å². The van der Waals surface area contributed by atoms with Crippen molar-refractivity contribution in [2.45, 2.75) is 45.8 Å². The Morgan fingerprint density at radius 3 is 2.69 bits per heavy atom. The molecule has 16 heavy (non-hydrogen) atoms. The van der Waals surface area contributed by atoms with Gasteiger partial charge in [-0.15, -0.1) is 11.3 Å². The molecule has 0 aliphatic rings. The van der Waals surface area contributed by atoms with E-state index < -0.39 is 0 Å². The van der Waals surface area contributed by atoms with Crippen molar-refractivity contribution in [3.63, 3.8) is 0 Å². The van der Waals surface area contributed by atoms with Crippen molar-refractivity contribution in [2.24, 2.45) is 0 Å². The summed E-state index contributed by atoms with van der Waals surface area (Å²) in [4.78, 5) is 4.59. The Balaban J connectivity index is 2.47. The third-order valence-electron chi connectivity index (χ3n) is 2.30. The summed E-state index contributed by atoms with van der Waals surface area (Å²) < 4.78 is 5.68. The average molecular weight is 242 g/mol. The molecule has 0 fully saturated rings. The number of nitrogens with zero attached hydrogens (tertiary/aromatic N) is 1. The molecule has 0 amide bonds. The first-order valence-corrected chi connectivity index (χ1v) is 6.52. The predicted octanol–water partition coefficient (Wildman–Crippen LogP) is 2.57. The van der Waals surface area contributed by atoms with Crippen molar-refractivity contribution < 1.29 is 4.74 Å². The number of nitrogens with one attached hydrogen (secondary N) is 1. The Labute approximate surface area is 102 Å². The Kier molecular flexibility index (Phi) is 4.89. The molecule has 0 aliphatic heterocycles. The number of hydrogen-bond donors (Lipinski definition) is 1. The molecule has 1 heterocycles. The van der Waals surface area contributed by atoms with Gasteiger partial charge in [0.2, 0.25) is 0 Å². The van der Waals surface area contributed by atoms with E-state index in [2.05, 4.69) is 43.4 Å². The van der Waals surface area contributed by atoms with E-state index in [0.717, 1.165) is 17.2 Å². The molecule has 0 aromatic carbocycles. The van der Waals surface area contributed by atoms with Crippen LogP contribution in [-0.4, -0.2) is 24.7 Å². The molecule has 0 saturated heterocycles. The number of likely N-dealkylation sites (N-methyl/N-ethyl adjacent to an activating group) is 1. The van der Waals surface area contributed by atoms with E-state index in [1.54, 1.807) is 11.3 Å². The van der Waals surface area contributed by atoms with Crippen LogP contribution >= 0.6 is 11.3 Å². The summed E-state index contributed by atoms with van der Waals surface area (Å²) in [6.45, 7) is 10.1. The molecule has 0 bridgehead atoms. The molecular weight excluding hydrogens is 220 g/mol. The SMILES string of the molecule is CNCC(C)OCc1nc(C(C)(C)C)cs1. The zero-order valence-electron chi connectivity index (χ0n) is 10.8. The molecule has 1 aromatic rings. The summed E-state index contributed by atoms with van der Waals surface area (Å²) in [5.74, 6) is 0. The third-order valence-corrected chi connectivity index (χ3v) is 3.13. The lowest BCUT2D eigenvalue weighted by Gasteiger charge is -2.14. The molecule has 1 unspecified atom stereocenters. The standard InChI is InChI=1S/C12H22N2OS/c1-9(6-13-5)15-7-11-14-10(8-16-11)12(2,3)4/h8-9,13H,6-7H2,1-5H3. The number of ether oxygens (including phenoxy) is 1. The molecule has 3 nitrogen and oxygen atoms in total. The highest BCUT2D eigenvalue weighted by atomic mass is 32.1. The fraction of sp³-hybridized carbons (Fsp3) is 0.750. The summed E-state index contributed by atoms with van der Waals surface area (Å²) in [6, 6.07) is 0. The Morgan fingerprint density at radius 1 is 1.50 bits per heavy atom. The van der Waals surface area contributed by atoms with Crippen molar-refractivity contribution >= 4 is 11.3 Å². The quantitative estimate of drug-likeness (QED) is 0.861. The van der Waals surface area contributed by atoms with E-state index in [4.69, 9.17) is 4.74 Å². The molecule has 4 heteroatoms. The van der Waals surface area contributed by atoms with Crippen LogP contribution in [0, 0.1) is 0 Å². The Hall–Kier alpha value is -0.450. The van der Waals surface area contributed by atoms with Crippen molar-refractivity contribution in [3.05, 3.63) is 16.1 Å². The van der Waals surface area contributed by atoms with Gasteiger partial charge in [0.1, 0.15) is 5.01 Å². The lowest BCUT2D eigenvalue weighted by Crippen LogP contribution is -2.23. The van der Waals surface area contributed by atoms with Crippen molar-refractivity contribution in [1.29, 1.82) is 0 Å². The summed E-state index contributed by atoms with van der Waals surface area (Å²) in [5.41, 5.74) is 1.28. The predicted molar refractivity (Wildman–Crippen MR) is 69.0 cm³/mol. The number of aromatic nitrogens is 1. The van der Waals surface area contributed by atoms with E-state index >= 15 is 0 Å². The van der Waals surface area contributed by atoms with E-state index in [1.165, 1.54) is 0 Å². The van der Waals surface area contributed by atoms with Crippen molar-refractivity contribution in [2.75, 3.05) is 13.6 Å². The fourth-order valence-electron chi connectivity index (χ4n) is 1.28. The third kappa shape index (κ3) is 4.20. The summed E-state index contributed by atoms with van der Waals surface area (Å²) >= 11 is 1.68. The minimum absolute atomic E-state index is 0.130. The number of rotatable bonds is 5. The minimum Gasteiger partial charge on any atom is -0.370 e. The second-order valence-corrected chi connectivity index (χ2v) is 6.00. The molecular formula is C12H22N2OS. The zero-order valence-corrected chi connectivity index (χ0v) is 11.6. The first-order valence-electron chi connectivity index (χ1n) is 5.64. The smallest absolute Gasteiger partial charge is 0.119 e. The van der Waals surface area contributed by atoms with Crippen LogP contribution in [0.5, 0.6) is 0 Å². The Bertz CT molecular complexity index is 317. The van der Waals surface area contributed by atoms with Gasteiger partial charge in [-0.05, 0) is 14.0 Å². The van der Waals surface area contributed by atoms with Crippen molar-refractivity contribution in [1.82, 2.24) is 10.3 Å². The van der Waals surface area contributed by atoms with Gasteiger partial charge in [0.05, 0.1) is 18.4 Å². The zero-order chi connectivity index (χ0) is 12.2. The second kappa shape index (κ2) is 5.75. The van der Waals surface area contributed by atoms with Crippen LogP contribution < -0.4 is 5.32 Å². The highest BCUT2D eigenvalue weighted by Gasteiger charge is 2.17. The summed E-state index contributed by atoms with van der Waals surface area (Å²) in [6.07, 6.45) is 0.229. The van der Waals surface area contributed by atoms with Crippen LogP contribution in [0.3, 0.4) is 0 Å². The van der Waals surface area contributed by atoms with Crippen molar-refractivity contribution in [3.8, 4) is 0 Å². The van der Waals surface area contributed by atoms with E-state index in [0.29, 0.717) is 6.61 Å². The summed E-state index contributed by atoms with van der Waals surface area (Å²) in [7, 11) is 1.93. The fourth-order valence-corrected chi connectivity index (χ4v) is 2.22. The monoisotopic (exact) mass is 242 g/mol. The van der Waals surface area contributed by atoms with Gasteiger partial charge >= 0.3 is 0 Å². The van der Waals surface area contributed by atoms with Gasteiger partial charge in [0.15, 0.2) is 0 Å². The van der Waals surface area contributed by atoms with Gasteiger partial charge in [-0.25, -0.2) is 4.98 Å². The largest absolute Gasteiger partial charge is 0.370 e. The lowest BCUT2D eigenvalue weighted by molar-refractivity contribution is 0.0542. The maximum absolute atomic E-state index is 5.68. The summed E-state index contributed by atoms with van der Waals surface area (Å²) in [5, 5.41) is 6.28. The van der Waals surface area contributed by atoms with E-state index in [1.807, 2.05) is 7.05 Å². The Morgan fingerprint density at radius 2 is 2.19 bits per heavy atom. The van der Waals surface area contributed by atoms with Crippen LogP contribution in [0.15, 0.2) is 5.38 Å². The van der Waals surface area contributed by atoms with Gasteiger partial charge in [-0.1, -0.05) is 20.8 Å². The van der Waals surface area contributed by atoms with Crippen LogP contribution in [0.1, 0.15) is 38.4 Å².